The number of carbonyl (C=O) groups excluding carboxylic acids is 1. The average molecular weight is 541 g/mol. The molecule has 3 N–H and O–H groups in total. The number of H-pyrrole nitrogens is 1. The van der Waals surface area contributed by atoms with Crippen molar-refractivity contribution in [2.75, 3.05) is 6.54 Å². The number of carboxylic acid groups (broad SMARTS) is 1. The maximum atomic E-state index is 14.6. The summed E-state index contributed by atoms with van der Waals surface area (Å²) in [4.78, 5) is 26.3. The zero-order chi connectivity index (χ0) is 26.5. The van der Waals surface area contributed by atoms with Crippen molar-refractivity contribution in [3.8, 4) is 0 Å². The van der Waals surface area contributed by atoms with Gasteiger partial charge in [0.25, 0.3) is 5.91 Å². The Balaban J connectivity index is 1.76. The van der Waals surface area contributed by atoms with Crippen LogP contribution in [0.3, 0.4) is 0 Å². The molecule has 0 spiro atoms. The minimum Gasteiger partial charge on any atom is -0.481 e. The molecule has 37 heavy (non-hydrogen) atoms. The third kappa shape index (κ3) is 5.97. The molecule has 0 saturated heterocycles. The molecule has 0 aliphatic heterocycles. The number of aliphatic carboxylic acids is 1. The third-order valence-electron chi connectivity index (χ3n) is 6.56. The van der Waals surface area contributed by atoms with Gasteiger partial charge in [0.2, 0.25) is 0 Å². The monoisotopic (exact) mass is 540 g/mol. The van der Waals surface area contributed by atoms with Crippen molar-refractivity contribution in [1.29, 1.82) is 0 Å². The van der Waals surface area contributed by atoms with Crippen molar-refractivity contribution in [3.05, 3.63) is 105 Å². The van der Waals surface area contributed by atoms with Gasteiger partial charge in [0, 0.05) is 29.6 Å². The fourth-order valence-electron chi connectivity index (χ4n) is 4.83. The SMILES string of the molecule is CCCC(c1ccc(C(=O)NCCC(=O)O)cc1)C(c1ccc(Cl)c(Cl)c1)c1c[nH]c2c(F)cccc12. The molecule has 1 amide bonds. The maximum absolute atomic E-state index is 14.6. The quantitative estimate of drug-likeness (QED) is 0.194. The first-order chi connectivity index (χ1) is 17.8. The molecule has 3 aromatic carbocycles. The molecule has 0 fully saturated rings. The van der Waals surface area contributed by atoms with E-state index in [0.717, 1.165) is 34.9 Å². The summed E-state index contributed by atoms with van der Waals surface area (Å²) in [5.41, 5.74) is 3.82. The second-order valence-corrected chi connectivity index (χ2v) is 9.79. The number of aromatic nitrogens is 1. The molecule has 2 atom stereocenters. The summed E-state index contributed by atoms with van der Waals surface area (Å²) in [7, 11) is 0. The Kier molecular flexibility index (Phi) is 8.52. The van der Waals surface area contributed by atoms with Crippen LogP contribution in [0.2, 0.25) is 10.0 Å². The van der Waals surface area contributed by atoms with Gasteiger partial charge in [-0.1, -0.05) is 66.9 Å². The molecule has 0 saturated carbocycles. The van der Waals surface area contributed by atoms with Gasteiger partial charge in [-0.2, -0.15) is 0 Å². The number of carboxylic acids is 1. The number of halogens is 3. The smallest absolute Gasteiger partial charge is 0.305 e. The van der Waals surface area contributed by atoms with Gasteiger partial charge in [0.1, 0.15) is 5.82 Å². The normalized spacial score (nSPS) is 12.9. The Morgan fingerprint density at radius 2 is 1.76 bits per heavy atom. The zero-order valence-corrected chi connectivity index (χ0v) is 21.7. The van der Waals surface area contributed by atoms with Gasteiger partial charge in [-0.05, 0) is 59.4 Å². The van der Waals surface area contributed by atoms with Crippen LogP contribution in [0.5, 0.6) is 0 Å². The second kappa shape index (κ2) is 11.8. The Hall–Kier alpha value is -3.35. The number of para-hydroxylation sites is 1. The van der Waals surface area contributed by atoms with Crippen molar-refractivity contribution >= 4 is 46.0 Å². The summed E-state index contributed by atoms with van der Waals surface area (Å²) >= 11 is 12.7. The molecule has 0 aliphatic rings. The van der Waals surface area contributed by atoms with Gasteiger partial charge < -0.3 is 15.4 Å². The highest BCUT2D eigenvalue weighted by Gasteiger charge is 2.29. The standard InChI is InChI=1S/C29H27Cl2FN2O3/c1-2-4-20(17-7-9-18(10-8-17)29(37)33-14-13-26(35)36)27(19-11-12-23(30)24(31)15-19)22-16-34-28-21(22)5-3-6-25(28)32/h3,5-12,15-16,20,27,34H,2,4,13-14H2,1H3,(H,33,37)(H,35,36). The number of nitrogens with one attached hydrogen (secondary N) is 2. The van der Waals surface area contributed by atoms with E-state index < -0.39 is 5.97 Å². The van der Waals surface area contributed by atoms with E-state index in [1.165, 1.54) is 6.07 Å². The van der Waals surface area contributed by atoms with Gasteiger partial charge in [-0.25, -0.2) is 4.39 Å². The number of amides is 1. The Labute approximate surface area is 224 Å². The molecule has 1 aromatic heterocycles. The predicted octanol–water partition coefficient (Wildman–Crippen LogP) is 7.53. The van der Waals surface area contributed by atoms with Crippen molar-refractivity contribution < 1.29 is 19.1 Å². The summed E-state index contributed by atoms with van der Waals surface area (Å²) in [6.07, 6.45) is 3.44. The van der Waals surface area contributed by atoms with Gasteiger partial charge in [0.05, 0.1) is 22.0 Å². The zero-order valence-electron chi connectivity index (χ0n) is 20.2. The molecule has 1 heterocycles. The number of hydrogen-bond donors (Lipinski definition) is 3. The van der Waals surface area contributed by atoms with E-state index >= 15 is 0 Å². The average Bonchev–Trinajstić information content (AvgIpc) is 3.31. The minimum atomic E-state index is -0.969. The van der Waals surface area contributed by atoms with Crippen LogP contribution in [-0.4, -0.2) is 28.5 Å². The molecular formula is C29H27Cl2FN2O3. The summed E-state index contributed by atoms with van der Waals surface area (Å²) < 4.78 is 14.6. The highest BCUT2D eigenvalue weighted by Crippen LogP contribution is 2.45. The first-order valence-corrected chi connectivity index (χ1v) is 12.9. The fourth-order valence-corrected chi connectivity index (χ4v) is 5.14. The Bertz CT molecular complexity index is 1420. The second-order valence-electron chi connectivity index (χ2n) is 8.97. The van der Waals surface area contributed by atoms with Crippen LogP contribution in [0.15, 0.2) is 66.9 Å². The Morgan fingerprint density at radius 3 is 2.43 bits per heavy atom. The minimum absolute atomic E-state index is 0.00590. The van der Waals surface area contributed by atoms with Crippen LogP contribution in [0.4, 0.5) is 4.39 Å². The predicted molar refractivity (Wildman–Crippen MR) is 145 cm³/mol. The van der Waals surface area contributed by atoms with Gasteiger partial charge in [0.15, 0.2) is 0 Å². The fraction of sp³-hybridized carbons (Fsp3) is 0.241. The van der Waals surface area contributed by atoms with Crippen LogP contribution in [0.1, 0.15) is 65.1 Å². The molecule has 2 unspecified atom stereocenters. The molecule has 0 radical (unpaired) electrons. The summed E-state index contributed by atoms with van der Waals surface area (Å²) in [6, 6.07) is 18.0. The largest absolute Gasteiger partial charge is 0.481 e. The van der Waals surface area contributed by atoms with Gasteiger partial charge in [-0.15, -0.1) is 0 Å². The van der Waals surface area contributed by atoms with Crippen LogP contribution >= 0.6 is 23.2 Å². The van der Waals surface area contributed by atoms with E-state index in [0.29, 0.717) is 21.1 Å². The molecule has 5 nitrogen and oxygen atoms in total. The number of hydrogen-bond acceptors (Lipinski definition) is 2. The van der Waals surface area contributed by atoms with Crippen molar-refractivity contribution in [1.82, 2.24) is 10.3 Å². The van der Waals surface area contributed by atoms with Crippen LogP contribution in [-0.2, 0) is 4.79 Å². The molecule has 8 heteroatoms. The summed E-state index contributed by atoms with van der Waals surface area (Å²) in [5, 5.41) is 13.1. The lowest BCUT2D eigenvalue weighted by atomic mass is 9.75. The van der Waals surface area contributed by atoms with Crippen molar-refractivity contribution in [2.45, 2.75) is 38.0 Å². The van der Waals surface area contributed by atoms with Crippen LogP contribution < -0.4 is 5.32 Å². The van der Waals surface area contributed by atoms with E-state index in [1.807, 2.05) is 36.5 Å². The lowest BCUT2D eigenvalue weighted by Gasteiger charge is -2.29. The molecule has 4 aromatic rings. The van der Waals surface area contributed by atoms with E-state index in [2.05, 4.69) is 17.2 Å². The maximum Gasteiger partial charge on any atom is 0.305 e. The topological polar surface area (TPSA) is 82.2 Å². The molecule has 0 aliphatic carbocycles. The van der Waals surface area contributed by atoms with Crippen molar-refractivity contribution in [3.63, 3.8) is 0 Å². The highest BCUT2D eigenvalue weighted by molar-refractivity contribution is 6.42. The number of rotatable bonds is 10. The Morgan fingerprint density at radius 1 is 1.03 bits per heavy atom. The molecule has 0 bridgehead atoms. The first kappa shape index (κ1) is 26.7. The van der Waals surface area contributed by atoms with Gasteiger partial charge >= 0.3 is 5.97 Å². The number of aromatic amines is 1. The molecule has 4 rings (SSSR count). The molecule has 192 valence electrons. The third-order valence-corrected chi connectivity index (χ3v) is 7.30. The molecular weight excluding hydrogens is 514 g/mol. The number of benzene rings is 3. The van der Waals surface area contributed by atoms with Crippen LogP contribution in [0, 0.1) is 5.82 Å². The lowest BCUT2D eigenvalue weighted by Crippen LogP contribution is -2.26. The van der Waals surface area contributed by atoms with E-state index in [-0.39, 0.29) is 36.5 Å². The van der Waals surface area contributed by atoms with E-state index in [1.54, 1.807) is 24.3 Å². The first-order valence-electron chi connectivity index (χ1n) is 12.1. The van der Waals surface area contributed by atoms with E-state index in [9.17, 15) is 14.0 Å². The van der Waals surface area contributed by atoms with E-state index in [4.69, 9.17) is 28.3 Å². The van der Waals surface area contributed by atoms with Crippen LogP contribution in [0.25, 0.3) is 10.9 Å². The number of fused-ring (bicyclic) bond motifs is 1. The van der Waals surface area contributed by atoms with Crippen molar-refractivity contribution in [2.24, 2.45) is 0 Å². The number of carbonyl (C=O) groups is 2. The lowest BCUT2D eigenvalue weighted by molar-refractivity contribution is -0.136. The highest BCUT2D eigenvalue weighted by atomic mass is 35.5. The summed E-state index contributed by atoms with van der Waals surface area (Å²) in [5.74, 6) is -1.78. The van der Waals surface area contributed by atoms with Gasteiger partial charge in [-0.3, -0.25) is 9.59 Å². The summed E-state index contributed by atoms with van der Waals surface area (Å²) in [6.45, 7) is 2.17.